The van der Waals surface area contributed by atoms with Gasteiger partial charge in [0, 0.05) is 24.8 Å². The first-order chi connectivity index (χ1) is 10.6. The maximum absolute atomic E-state index is 12.0. The van der Waals surface area contributed by atoms with Crippen LogP contribution in [0.3, 0.4) is 0 Å². The van der Waals surface area contributed by atoms with Crippen molar-refractivity contribution in [3.63, 3.8) is 0 Å². The Balaban J connectivity index is 2.11. The molecule has 6 heteroatoms. The molecule has 2 N–H and O–H groups in total. The van der Waals surface area contributed by atoms with Crippen LogP contribution in [0.1, 0.15) is 20.3 Å². The van der Waals surface area contributed by atoms with E-state index in [-0.39, 0.29) is 12.1 Å². The smallest absolute Gasteiger partial charge is 0.319 e. The molecular formula is C16H25N3O3. The molecule has 0 aliphatic carbocycles. The largest absolute Gasteiger partial charge is 0.495 e. The molecule has 1 aliphatic heterocycles. The summed E-state index contributed by atoms with van der Waals surface area (Å²) in [7, 11) is 1.60. The van der Waals surface area contributed by atoms with Crippen LogP contribution in [0.15, 0.2) is 18.2 Å². The minimum absolute atomic E-state index is 0.133. The van der Waals surface area contributed by atoms with Crippen molar-refractivity contribution in [2.24, 2.45) is 0 Å². The number of amides is 2. The highest BCUT2D eigenvalue weighted by Crippen LogP contribution is 2.30. The lowest BCUT2D eigenvalue weighted by Gasteiger charge is -2.29. The van der Waals surface area contributed by atoms with Gasteiger partial charge < -0.3 is 25.0 Å². The summed E-state index contributed by atoms with van der Waals surface area (Å²) < 4.78 is 10.7. The van der Waals surface area contributed by atoms with Gasteiger partial charge >= 0.3 is 6.03 Å². The number of anilines is 2. The van der Waals surface area contributed by atoms with E-state index in [4.69, 9.17) is 9.47 Å². The van der Waals surface area contributed by atoms with Crippen LogP contribution >= 0.6 is 0 Å². The Morgan fingerprint density at radius 2 is 2.14 bits per heavy atom. The number of nitrogens with one attached hydrogen (secondary N) is 2. The fourth-order valence-corrected chi connectivity index (χ4v) is 2.30. The second-order valence-corrected chi connectivity index (χ2v) is 5.39. The first kappa shape index (κ1) is 16.4. The lowest BCUT2D eigenvalue weighted by atomic mass is 10.2. The third-order valence-electron chi connectivity index (χ3n) is 3.80. The minimum Gasteiger partial charge on any atom is -0.495 e. The summed E-state index contributed by atoms with van der Waals surface area (Å²) >= 11 is 0. The molecule has 0 spiro atoms. The predicted molar refractivity (Wildman–Crippen MR) is 87.9 cm³/mol. The Hall–Kier alpha value is -1.95. The van der Waals surface area contributed by atoms with Gasteiger partial charge in [-0.15, -0.1) is 0 Å². The van der Waals surface area contributed by atoms with Crippen molar-refractivity contribution >= 4 is 17.4 Å². The lowest BCUT2D eigenvalue weighted by molar-refractivity contribution is 0.122. The van der Waals surface area contributed by atoms with Crippen molar-refractivity contribution in [3.8, 4) is 5.75 Å². The number of methoxy groups -OCH3 is 1. The molecule has 0 bridgehead atoms. The highest BCUT2D eigenvalue weighted by atomic mass is 16.5. The molecule has 0 saturated carbocycles. The van der Waals surface area contributed by atoms with E-state index >= 15 is 0 Å². The Labute approximate surface area is 131 Å². The number of hydrogen-bond acceptors (Lipinski definition) is 4. The zero-order chi connectivity index (χ0) is 15.9. The Bertz CT molecular complexity index is 501. The molecule has 2 rings (SSSR count). The van der Waals surface area contributed by atoms with Gasteiger partial charge in [0.1, 0.15) is 5.75 Å². The average molecular weight is 307 g/mol. The molecule has 0 radical (unpaired) electrons. The number of urea groups is 1. The van der Waals surface area contributed by atoms with Crippen LogP contribution in [0.4, 0.5) is 16.2 Å². The van der Waals surface area contributed by atoms with Gasteiger partial charge in [-0.2, -0.15) is 0 Å². The summed E-state index contributed by atoms with van der Waals surface area (Å²) in [6.45, 7) is 7.16. The van der Waals surface area contributed by atoms with Crippen molar-refractivity contribution in [2.45, 2.75) is 26.3 Å². The summed E-state index contributed by atoms with van der Waals surface area (Å²) in [6, 6.07) is 5.74. The van der Waals surface area contributed by atoms with Crippen LogP contribution in [0.2, 0.25) is 0 Å². The number of ether oxygens (including phenoxy) is 2. The van der Waals surface area contributed by atoms with Gasteiger partial charge in [-0.25, -0.2) is 4.79 Å². The van der Waals surface area contributed by atoms with Crippen LogP contribution in [0.5, 0.6) is 5.75 Å². The molecule has 1 aromatic carbocycles. The lowest BCUT2D eigenvalue weighted by Crippen LogP contribution is -2.37. The van der Waals surface area contributed by atoms with Crippen LogP contribution < -0.4 is 20.3 Å². The van der Waals surface area contributed by atoms with Crippen molar-refractivity contribution in [1.82, 2.24) is 5.32 Å². The van der Waals surface area contributed by atoms with Crippen molar-refractivity contribution in [3.05, 3.63) is 18.2 Å². The van der Waals surface area contributed by atoms with E-state index < -0.39 is 0 Å². The number of morpholine rings is 1. The fraction of sp³-hybridized carbons (Fsp3) is 0.562. The maximum atomic E-state index is 12.0. The van der Waals surface area contributed by atoms with Crippen LogP contribution in [0, 0.1) is 0 Å². The van der Waals surface area contributed by atoms with Gasteiger partial charge in [0.2, 0.25) is 0 Å². The van der Waals surface area contributed by atoms with E-state index in [1.54, 1.807) is 7.11 Å². The van der Waals surface area contributed by atoms with Crippen molar-refractivity contribution < 1.29 is 14.3 Å². The highest BCUT2D eigenvalue weighted by molar-refractivity contribution is 5.91. The van der Waals surface area contributed by atoms with Gasteiger partial charge in [-0.1, -0.05) is 6.92 Å². The van der Waals surface area contributed by atoms with Gasteiger partial charge in [0.05, 0.1) is 26.0 Å². The number of hydrogen-bond donors (Lipinski definition) is 2. The van der Waals surface area contributed by atoms with Gasteiger partial charge in [-0.05, 0) is 31.5 Å². The number of benzene rings is 1. The van der Waals surface area contributed by atoms with E-state index in [9.17, 15) is 4.79 Å². The standard InChI is InChI=1S/C16H25N3O3/c1-4-12(2)17-16(20)18-14-11-13(5-6-15(14)21-3)19-7-9-22-10-8-19/h5-6,11-12H,4,7-10H2,1-3H3,(H2,17,18,20). The molecule has 1 fully saturated rings. The highest BCUT2D eigenvalue weighted by Gasteiger charge is 2.15. The second-order valence-electron chi connectivity index (χ2n) is 5.39. The van der Waals surface area contributed by atoms with E-state index in [1.807, 2.05) is 32.0 Å². The molecule has 1 unspecified atom stereocenters. The zero-order valence-corrected chi connectivity index (χ0v) is 13.5. The molecule has 1 atom stereocenters. The summed E-state index contributed by atoms with van der Waals surface area (Å²) in [6.07, 6.45) is 0.887. The maximum Gasteiger partial charge on any atom is 0.319 e. The molecule has 122 valence electrons. The SMILES string of the molecule is CCC(C)NC(=O)Nc1cc(N2CCOCC2)ccc1OC. The topological polar surface area (TPSA) is 62.8 Å². The average Bonchev–Trinajstić information content (AvgIpc) is 2.55. The van der Waals surface area contributed by atoms with E-state index in [2.05, 4.69) is 15.5 Å². The second kappa shape index (κ2) is 7.89. The first-order valence-electron chi connectivity index (χ1n) is 7.72. The Morgan fingerprint density at radius 3 is 2.77 bits per heavy atom. The van der Waals surface area contributed by atoms with E-state index in [0.717, 1.165) is 38.4 Å². The molecule has 1 saturated heterocycles. The molecule has 0 aromatic heterocycles. The van der Waals surface area contributed by atoms with E-state index in [1.165, 1.54) is 0 Å². The number of carbonyl (C=O) groups is 1. The summed E-state index contributed by atoms with van der Waals surface area (Å²) in [5, 5.41) is 5.76. The van der Waals surface area contributed by atoms with Gasteiger partial charge in [0.15, 0.2) is 0 Å². The third-order valence-corrected chi connectivity index (χ3v) is 3.80. The molecule has 1 aromatic rings. The molecule has 2 amide bonds. The summed E-state index contributed by atoms with van der Waals surface area (Å²) in [4.78, 5) is 14.3. The van der Waals surface area contributed by atoms with Crippen molar-refractivity contribution in [1.29, 1.82) is 0 Å². The van der Waals surface area contributed by atoms with Gasteiger partial charge in [-0.3, -0.25) is 0 Å². The molecule has 1 aliphatic rings. The predicted octanol–water partition coefficient (Wildman–Crippen LogP) is 2.45. The molecule has 22 heavy (non-hydrogen) atoms. The Kier molecular flexibility index (Phi) is 5.89. The number of nitrogens with zero attached hydrogens (tertiary/aromatic N) is 1. The molecular weight excluding hydrogens is 282 g/mol. The Morgan fingerprint density at radius 1 is 1.41 bits per heavy atom. The summed E-state index contributed by atoms with van der Waals surface area (Å²) in [5.74, 6) is 0.649. The quantitative estimate of drug-likeness (QED) is 0.877. The monoisotopic (exact) mass is 307 g/mol. The normalized spacial score (nSPS) is 16.0. The van der Waals surface area contributed by atoms with E-state index in [0.29, 0.717) is 11.4 Å². The van der Waals surface area contributed by atoms with Crippen molar-refractivity contribution in [2.75, 3.05) is 43.6 Å². The molecule has 6 nitrogen and oxygen atoms in total. The first-order valence-corrected chi connectivity index (χ1v) is 7.72. The third kappa shape index (κ3) is 4.27. The number of rotatable bonds is 5. The van der Waals surface area contributed by atoms with Crippen LogP contribution in [-0.2, 0) is 4.74 Å². The number of carbonyl (C=O) groups excluding carboxylic acids is 1. The van der Waals surface area contributed by atoms with Gasteiger partial charge in [0.25, 0.3) is 0 Å². The minimum atomic E-state index is -0.216. The van der Waals surface area contributed by atoms with Crippen LogP contribution in [-0.4, -0.2) is 45.5 Å². The zero-order valence-electron chi connectivity index (χ0n) is 13.5. The molecule has 1 heterocycles. The fourth-order valence-electron chi connectivity index (χ4n) is 2.30. The summed E-state index contributed by atoms with van der Waals surface area (Å²) in [5.41, 5.74) is 1.73. The van der Waals surface area contributed by atoms with Crippen LogP contribution in [0.25, 0.3) is 0 Å².